The molecule has 2 rings (SSSR count). The molecule has 5 nitrogen and oxygen atoms in total. The quantitative estimate of drug-likeness (QED) is 0.821. The van der Waals surface area contributed by atoms with Crippen molar-refractivity contribution in [3.63, 3.8) is 0 Å². The van der Waals surface area contributed by atoms with Crippen LogP contribution in [-0.2, 0) is 0 Å². The number of carbonyl (C=O) groups is 1. The van der Waals surface area contributed by atoms with Gasteiger partial charge in [0, 0.05) is 13.1 Å². The van der Waals surface area contributed by atoms with Crippen molar-refractivity contribution in [2.45, 2.75) is 13.3 Å². The Labute approximate surface area is 99.0 Å². The summed E-state index contributed by atoms with van der Waals surface area (Å²) in [6.45, 7) is 4.38. The predicted molar refractivity (Wildman–Crippen MR) is 62.1 cm³/mol. The number of hydrogen-bond donors (Lipinski definition) is 1. The van der Waals surface area contributed by atoms with Crippen molar-refractivity contribution in [3.05, 3.63) is 11.9 Å². The summed E-state index contributed by atoms with van der Waals surface area (Å²) in [5, 5.41) is 0. The van der Waals surface area contributed by atoms with Crippen molar-refractivity contribution in [1.82, 2.24) is 13.6 Å². The fourth-order valence-electron chi connectivity index (χ4n) is 2.06. The molecular weight excluding hydrogens is 224 g/mol. The maximum atomic E-state index is 12.0. The number of rotatable bonds is 2. The molecule has 0 bridgehead atoms. The van der Waals surface area contributed by atoms with E-state index < -0.39 is 0 Å². The average Bonchev–Trinajstić information content (AvgIpc) is 2.82. The van der Waals surface area contributed by atoms with Gasteiger partial charge in [-0.25, -0.2) is 0 Å². The Kier molecular flexibility index (Phi) is 3.50. The van der Waals surface area contributed by atoms with Crippen LogP contribution in [0.25, 0.3) is 0 Å². The van der Waals surface area contributed by atoms with Gasteiger partial charge >= 0.3 is 0 Å². The molecule has 6 heteroatoms. The summed E-state index contributed by atoms with van der Waals surface area (Å²) in [7, 11) is 0. The molecule has 0 aliphatic carbocycles. The predicted octanol–water partition coefficient (Wildman–Crippen LogP) is 0.595. The topological polar surface area (TPSA) is 72.1 Å². The number of piperidine rings is 1. The van der Waals surface area contributed by atoms with Crippen LogP contribution in [0.1, 0.15) is 23.8 Å². The molecule has 0 spiro atoms. The third-order valence-electron chi connectivity index (χ3n) is 3.28. The molecule has 1 fully saturated rings. The van der Waals surface area contributed by atoms with E-state index >= 15 is 0 Å². The molecule has 88 valence electrons. The van der Waals surface area contributed by atoms with E-state index in [2.05, 4.69) is 15.7 Å². The van der Waals surface area contributed by atoms with Gasteiger partial charge in [0.2, 0.25) is 0 Å². The lowest BCUT2D eigenvalue weighted by Crippen LogP contribution is -2.45. The third-order valence-corrected chi connectivity index (χ3v) is 3.76. The highest BCUT2D eigenvalue weighted by atomic mass is 32.1. The normalized spacial score (nSPS) is 25.8. The molecule has 16 heavy (non-hydrogen) atoms. The summed E-state index contributed by atoms with van der Waals surface area (Å²) in [5.41, 5.74) is 6.16. The van der Waals surface area contributed by atoms with Crippen LogP contribution >= 0.6 is 11.7 Å². The first-order chi connectivity index (χ1) is 7.72. The van der Waals surface area contributed by atoms with E-state index in [0.29, 0.717) is 24.1 Å². The SMILES string of the molecule is CC1CCN(C(=O)c2cnsn2)CC1CN. The molecule has 2 atom stereocenters. The monoisotopic (exact) mass is 240 g/mol. The van der Waals surface area contributed by atoms with Gasteiger partial charge in [-0.15, -0.1) is 0 Å². The molecule has 0 aromatic carbocycles. The molecule has 0 saturated carbocycles. The van der Waals surface area contributed by atoms with E-state index in [1.807, 2.05) is 4.90 Å². The first-order valence-corrected chi connectivity index (χ1v) is 6.22. The molecule has 1 amide bonds. The number of aromatic nitrogens is 2. The minimum absolute atomic E-state index is 0.0147. The fourth-order valence-corrected chi connectivity index (χ4v) is 2.47. The molecule has 1 aliphatic heterocycles. The van der Waals surface area contributed by atoms with Gasteiger partial charge < -0.3 is 10.6 Å². The summed E-state index contributed by atoms with van der Waals surface area (Å²) >= 11 is 1.07. The van der Waals surface area contributed by atoms with Crippen molar-refractivity contribution >= 4 is 17.6 Å². The van der Waals surface area contributed by atoms with E-state index in [1.54, 1.807) is 0 Å². The van der Waals surface area contributed by atoms with Crippen molar-refractivity contribution < 1.29 is 4.79 Å². The van der Waals surface area contributed by atoms with Gasteiger partial charge in [-0.1, -0.05) is 6.92 Å². The van der Waals surface area contributed by atoms with Gasteiger partial charge in [0.15, 0.2) is 5.69 Å². The fraction of sp³-hybridized carbons (Fsp3) is 0.700. The highest BCUT2D eigenvalue weighted by Gasteiger charge is 2.29. The van der Waals surface area contributed by atoms with Gasteiger partial charge in [0.1, 0.15) is 0 Å². The molecule has 0 radical (unpaired) electrons. The van der Waals surface area contributed by atoms with Gasteiger partial charge in [-0.3, -0.25) is 4.79 Å². The standard InChI is InChI=1S/C10H16N4OS/c1-7-2-3-14(6-8(7)4-11)10(15)9-5-12-16-13-9/h5,7-8H,2-4,6,11H2,1H3. The smallest absolute Gasteiger partial charge is 0.275 e. The number of hydrogen-bond acceptors (Lipinski definition) is 5. The maximum absolute atomic E-state index is 12.0. The Hall–Kier alpha value is -1.01. The first-order valence-electron chi connectivity index (χ1n) is 5.49. The number of nitrogens with zero attached hydrogens (tertiary/aromatic N) is 3. The van der Waals surface area contributed by atoms with Gasteiger partial charge in [0.25, 0.3) is 5.91 Å². The molecule has 1 aromatic heterocycles. The molecule has 2 N–H and O–H groups in total. The Bertz CT molecular complexity index is 354. The lowest BCUT2D eigenvalue weighted by atomic mass is 9.87. The molecule has 2 unspecified atom stereocenters. The Morgan fingerprint density at radius 3 is 3.19 bits per heavy atom. The summed E-state index contributed by atoms with van der Waals surface area (Å²) in [5.74, 6) is 0.992. The molecule has 1 saturated heterocycles. The van der Waals surface area contributed by atoms with Crippen molar-refractivity contribution in [1.29, 1.82) is 0 Å². The van der Waals surface area contributed by atoms with Crippen LogP contribution in [0, 0.1) is 11.8 Å². The van der Waals surface area contributed by atoms with E-state index in [1.165, 1.54) is 6.20 Å². The summed E-state index contributed by atoms with van der Waals surface area (Å²) in [4.78, 5) is 13.9. The first kappa shape index (κ1) is 11.5. The Balaban J connectivity index is 2.03. The highest BCUT2D eigenvalue weighted by Crippen LogP contribution is 2.23. The lowest BCUT2D eigenvalue weighted by Gasteiger charge is -2.36. The summed E-state index contributed by atoms with van der Waals surface area (Å²) in [6.07, 6.45) is 2.55. The van der Waals surface area contributed by atoms with E-state index in [4.69, 9.17) is 5.73 Å². The average molecular weight is 240 g/mol. The minimum Gasteiger partial charge on any atom is -0.337 e. The van der Waals surface area contributed by atoms with Crippen LogP contribution in [0.4, 0.5) is 0 Å². The van der Waals surface area contributed by atoms with Crippen molar-refractivity contribution in [2.24, 2.45) is 17.6 Å². The minimum atomic E-state index is -0.0147. The zero-order valence-corrected chi connectivity index (χ0v) is 10.1. The van der Waals surface area contributed by atoms with Gasteiger partial charge in [0.05, 0.1) is 17.9 Å². The number of amides is 1. The van der Waals surface area contributed by atoms with Crippen LogP contribution in [0.15, 0.2) is 6.20 Å². The lowest BCUT2D eigenvalue weighted by molar-refractivity contribution is 0.0613. The molecule has 2 heterocycles. The van der Waals surface area contributed by atoms with Gasteiger partial charge in [-0.2, -0.15) is 8.75 Å². The Morgan fingerprint density at radius 2 is 2.56 bits per heavy atom. The largest absolute Gasteiger partial charge is 0.337 e. The number of likely N-dealkylation sites (tertiary alicyclic amines) is 1. The molecular formula is C10H16N4OS. The Morgan fingerprint density at radius 1 is 1.75 bits per heavy atom. The van der Waals surface area contributed by atoms with Crippen LogP contribution in [0.5, 0.6) is 0 Å². The molecule has 1 aromatic rings. The third kappa shape index (κ3) is 2.22. The van der Waals surface area contributed by atoms with Crippen molar-refractivity contribution in [2.75, 3.05) is 19.6 Å². The van der Waals surface area contributed by atoms with Crippen LogP contribution in [0.2, 0.25) is 0 Å². The van der Waals surface area contributed by atoms with Crippen LogP contribution < -0.4 is 5.73 Å². The van der Waals surface area contributed by atoms with Crippen LogP contribution in [0.3, 0.4) is 0 Å². The van der Waals surface area contributed by atoms with Crippen molar-refractivity contribution in [3.8, 4) is 0 Å². The molecule has 1 aliphatic rings. The summed E-state index contributed by atoms with van der Waals surface area (Å²) < 4.78 is 7.82. The second-order valence-corrected chi connectivity index (χ2v) is 4.86. The highest BCUT2D eigenvalue weighted by molar-refractivity contribution is 6.99. The second kappa shape index (κ2) is 4.88. The maximum Gasteiger partial charge on any atom is 0.275 e. The van der Waals surface area contributed by atoms with Gasteiger partial charge in [-0.05, 0) is 24.8 Å². The number of carbonyl (C=O) groups excluding carboxylic acids is 1. The van der Waals surface area contributed by atoms with E-state index in [-0.39, 0.29) is 5.91 Å². The van der Waals surface area contributed by atoms with Crippen LogP contribution in [-0.4, -0.2) is 39.2 Å². The van der Waals surface area contributed by atoms with E-state index in [0.717, 1.165) is 31.2 Å². The second-order valence-electron chi connectivity index (χ2n) is 4.31. The number of nitrogens with two attached hydrogens (primary N) is 1. The zero-order valence-electron chi connectivity index (χ0n) is 9.30. The zero-order chi connectivity index (χ0) is 11.5. The van der Waals surface area contributed by atoms with E-state index in [9.17, 15) is 4.79 Å². The summed E-state index contributed by atoms with van der Waals surface area (Å²) in [6, 6.07) is 0.